The van der Waals surface area contributed by atoms with Crippen LogP contribution in [0.2, 0.25) is 0 Å². The van der Waals surface area contributed by atoms with E-state index in [-0.39, 0.29) is 11.9 Å². The van der Waals surface area contributed by atoms with Gasteiger partial charge in [0.1, 0.15) is 0 Å². The summed E-state index contributed by atoms with van der Waals surface area (Å²) < 4.78 is 0. The van der Waals surface area contributed by atoms with Crippen LogP contribution in [0, 0.1) is 0 Å². The summed E-state index contributed by atoms with van der Waals surface area (Å²) in [7, 11) is 0. The van der Waals surface area contributed by atoms with E-state index in [1.54, 1.807) is 11.8 Å². The van der Waals surface area contributed by atoms with Crippen molar-refractivity contribution in [3.8, 4) is 0 Å². The van der Waals surface area contributed by atoms with Crippen molar-refractivity contribution in [2.75, 3.05) is 0 Å². The fraction of sp³-hybridized carbons (Fsp3) is 0.286. The molecule has 0 N–H and O–H groups in total. The Morgan fingerprint density at radius 2 is 2.45 bits per heavy atom. The number of hydrogen-bond acceptors (Lipinski definition) is 3. The van der Waals surface area contributed by atoms with Crippen molar-refractivity contribution >= 4 is 28.9 Å². The molecule has 0 bridgehead atoms. The zero-order valence-corrected chi connectivity index (χ0v) is 6.76. The minimum Gasteiger partial charge on any atom is -0.270 e. The predicted molar refractivity (Wildman–Crippen MR) is 46.1 cm³/mol. The molecule has 56 valence electrons. The number of nitrogens with zero attached hydrogens (tertiary/aromatic N) is 2. The van der Waals surface area contributed by atoms with Gasteiger partial charge in [0.15, 0.2) is 6.04 Å². The van der Waals surface area contributed by atoms with Gasteiger partial charge < -0.3 is 0 Å². The molecule has 2 heterocycles. The molecule has 2 aliphatic rings. The Balaban J connectivity index is 2.38. The number of carbonyl (C=O) groups excluding carboxylic acids is 1. The highest BCUT2D eigenvalue weighted by atomic mass is 32.2. The summed E-state index contributed by atoms with van der Waals surface area (Å²) in [5.41, 5.74) is 0. The number of carbonyl (C=O) groups is 1. The van der Waals surface area contributed by atoms with E-state index in [1.807, 2.05) is 13.0 Å². The number of dihydropyridines is 1. The second kappa shape index (κ2) is 2.30. The Kier molecular flexibility index (Phi) is 1.42. The van der Waals surface area contributed by atoms with E-state index in [0.717, 1.165) is 9.95 Å². The van der Waals surface area contributed by atoms with Crippen molar-refractivity contribution in [3.05, 3.63) is 11.0 Å². The van der Waals surface area contributed by atoms with Crippen molar-refractivity contribution in [1.82, 2.24) is 0 Å². The van der Waals surface area contributed by atoms with E-state index < -0.39 is 0 Å². The number of fused-ring (bicyclic) bond motifs is 1. The molecule has 0 radical (unpaired) electrons. The van der Waals surface area contributed by atoms with Crippen LogP contribution in [0.25, 0.3) is 0 Å². The van der Waals surface area contributed by atoms with Crippen LogP contribution in [-0.2, 0) is 4.79 Å². The quantitative estimate of drug-likeness (QED) is 0.539. The van der Waals surface area contributed by atoms with E-state index in [4.69, 9.17) is 0 Å². The average Bonchev–Trinajstić information content (AvgIpc) is 2.31. The molecule has 1 atom stereocenters. The SMILES string of the molecule is CC1=NC2C(=O)N=CC=C2S1. The smallest absolute Gasteiger partial charge is 0.270 e. The maximum atomic E-state index is 11.1. The molecule has 4 heteroatoms. The molecular formula is C7H6N2OS. The highest BCUT2D eigenvalue weighted by Gasteiger charge is 2.29. The maximum absolute atomic E-state index is 11.1. The van der Waals surface area contributed by atoms with Gasteiger partial charge in [-0.1, -0.05) is 11.8 Å². The minimum absolute atomic E-state index is 0.146. The summed E-state index contributed by atoms with van der Waals surface area (Å²) in [6, 6.07) is -0.315. The van der Waals surface area contributed by atoms with Gasteiger partial charge in [0.25, 0.3) is 5.91 Å². The molecule has 0 saturated heterocycles. The topological polar surface area (TPSA) is 41.8 Å². The third-order valence-electron chi connectivity index (χ3n) is 1.52. The highest BCUT2D eigenvalue weighted by molar-refractivity contribution is 8.17. The highest BCUT2D eigenvalue weighted by Crippen LogP contribution is 2.32. The molecule has 1 unspecified atom stereocenters. The molecule has 0 aromatic rings. The van der Waals surface area contributed by atoms with Crippen LogP contribution in [0.1, 0.15) is 6.92 Å². The van der Waals surface area contributed by atoms with Gasteiger partial charge in [-0.05, 0) is 13.0 Å². The van der Waals surface area contributed by atoms with Crippen LogP contribution in [0.3, 0.4) is 0 Å². The van der Waals surface area contributed by atoms with Crippen LogP contribution in [0.15, 0.2) is 21.0 Å². The number of allylic oxidation sites excluding steroid dienone is 1. The van der Waals surface area contributed by atoms with Gasteiger partial charge in [-0.15, -0.1) is 0 Å². The standard InChI is InChI=1S/C7H6N2OS/c1-4-9-6-5(11-4)2-3-8-7(6)10/h2-3,6H,1H3. The lowest BCUT2D eigenvalue weighted by atomic mass is 10.2. The number of thioether (sulfide) groups is 1. The lowest BCUT2D eigenvalue weighted by Gasteiger charge is -2.05. The molecule has 0 aromatic heterocycles. The zero-order chi connectivity index (χ0) is 7.84. The van der Waals surface area contributed by atoms with Crippen LogP contribution < -0.4 is 0 Å². The molecule has 0 aromatic carbocycles. The second-order valence-corrected chi connectivity index (χ2v) is 3.60. The fourth-order valence-corrected chi connectivity index (χ4v) is 1.95. The van der Waals surface area contributed by atoms with Gasteiger partial charge in [0.05, 0.1) is 5.04 Å². The molecule has 3 nitrogen and oxygen atoms in total. The molecule has 2 aliphatic heterocycles. The Bertz CT molecular complexity index is 304. The third kappa shape index (κ3) is 1.03. The van der Waals surface area contributed by atoms with Crippen molar-refractivity contribution < 1.29 is 4.79 Å². The monoisotopic (exact) mass is 166 g/mol. The van der Waals surface area contributed by atoms with E-state index >= 15 is 0 Å². The van der Waals surface area contributed by atoms with Crippen molar-refractivity contribution in [1.29, 1.82) is 0 Å². The van der Waals surface area contributed by atoms with Crippen LogP contribution in [-0.4, -0.2) is 23.2 Å². The lowest BCUT2D eigenvalue weighted by molar-refractivity contribution is -0.118. The first-order valence-electron chi connectivity index (χ1n) is 3.28. The van der Waals surface area contributed by atoms with Gasteiger partial charge in [0, 0.05) is 11.1 Å². The van der Waals surface area contributed by atoms with Crippen LogP contribution >= 0.6 is 11.8 Å². The zero-order valence-electron chi connectivity index (χ0n) is 5.94. The second-order valence-electron chi connectivity index (χ2n) is 2.34. The molecule has 11 heavy (non-hydrogen) atoms. The van der Waals surface area contributed by atoms with E-state index in [9.17, 15) is 4.79 Å². The van der Waals surface area contributed by atoms with Crippen LogP contribution in [0.4, 0.5) is 0 Å². The molecule has 0 saturated carbocycles. The Labute approximate surface area is 68.3 Å². The summed E-state index contributed by atoms with van der Waals surface area (Å²) >= 11 is 1.55. The lowest BCUT2D eigenvalue weighted by Crippen LogP contribution is -2.17. The number of rotatable bonds is 0. The predicted octanol–water partition coefficient (Wildman–Crippen LogP) is 1.02. The Morgan fingerprint density at radius 3 is 3.18 bits per heavy atom. The van der Waals surface area contributed by atoms with Gasteiger partial charge >= 0.3 is 0 Å². The van der Waals surface area contributed by atoms with Gasteiger partial charge in [-0.2, -0.15) is 0 Å². The van der Waals surface area contributed by atoms with E-state index in [0.29, 0.717) is 0 Å². The fourth-order valence-electron chi connectivity index (χ4n) is 1.06. The molecule has 2 rings (SSSR count). The molecule has 0 aliphatic carbocycles. The maximum Gasteiger partial charge on any atom is 0.275 e. The van der Waals surface area contributed by atoms with Crippen molar-refractivity contribution in [2.24, 2.45) is 9.98 Å². The summed E-state index contributed by atoms with van der Waals surface area (Å²) in [5, 5.41) is 0.945. The summed E-state index contributed by atoms with van der Waals surface area (Å²) in [4.78, 5) is 19.9. The number of aliphatic imine (C=N–C) groups is 2. The van der Waals surface area contributed by atoms with Gasteiger partial charge in [-0.3, -0.25) is 9.79 Å². The van der Waals surface area contributed by atoms with E-state index in [1.165, 1.54) is 6.21 Å². The minimum atomic E-state index is -0.315. The summed E-state index contributed by atoms with van der Waals surface area (Å²) in [6.45, 7) is 1.90. The number of hydrogen-bond donors (Lipinski definition) is 0. The molecule has 0 spiro atoms. The Hall–Kier alpha value is -0.900. The summed E-state index contributed by atoms with van der Waals surface area (Å²) in [6.07, 6.45) is 3.38. The Morgan fingerprint density at radius 1 is 1.64 bits per heavy atom. The normalized spacial score (nSPS) is 28.1. The number of amides is 1. The first kappa shape index (κ1) is 6.79. The molecule has 1 amide bonds. The third-order valence-corrected chi connectivity index (χ3v) is 2.52. The largest absolute Gasteiger partial charge is 0.275 e. The average molecular weight is 166 g/mol. The van der Waals surface area contributed by atoms with Crippen LogP contribution in [0.5, 0.6) is 0 Å². The van der Waals surface area contributed by atoms with Gasteiger partial charge in [0.2, 0.25) is 0 Å². The first-order chi connectivity index (χ1) is 5.27. The first-order valence-corrected chi connectivity index (χ1v) is 4.09. The summed E-state index contributed by atoms with van der Waals surface area (Å²) in [5.74, 6) is -0.146. The van der Waals surface area contributed by atoms with Gasteiger partial charge in [-0.25, -0.2) is 4.99 Å². The van der Waals surface area contributed by atoms with Crippen molar-refractivity contribution in [3.63, 3.8) is 0 Å². The van der Waals surface area contributed by atoms with E-state index in [2.05, 4.69) is 9.98 Å². The van der Waals surface area contributed by atoms with Crippen molar-refractivity contribution in [2.45, 2.75) is 13.0 Å². The molecule has 0 fully saturated rings. The molecular weight excluding hydrogens is 160 g/mol.